The molecule has 2 N–H and O–H groups in total. The smallest absolute Gasteiger partial charge is 0.246 e. The number of amides is 1. The second-order valence-corrected chi connectivity index (χ2v) is 6.47. The maximum atomic E-state index is 14.2. The van der Waals surface area contributed by atoms with Crippen LogP contribution in [0.3, 0.4) is 0 Å². The van der Waals surface area contributed by atoms with Crippen molar-refractivity contribution in [1.82, 2.24) is 5.32 Å². The molecule has 0 radical (unpaired) electrons. The Balaban J connectivity index is 1.84. The van der Waals surface area contributed by atoms with Crippen molar-refractivity contribution < 1.29 is 13.9 Å². The van der Waals surface area contributed by atoms with E-state index in [1.54, 1.807) is 43.5 Å². The van der Waals surface area contributed by atoms with E-state index in [-0.39, 0.29) is 17.8 Å². The normalized spacial score (nSPS) is 12.8. The number of ether oxygens (including phenoxy) is 1. The van der Waals surface area contributed by atoms with Gasteiger partial charge in [-0.3, -0.25) is 10.1 Å². The average Bonchev–Trinajstić information content (AvgIpc) is 2.73. The molecule has 3 aromatic rings. The maximum Gasteiger partial charge on any atom is 0.246 e. The first-order valence-corrected chi connectivity index (χ1v) is 9.09. The summed E-state index contributed by atoms with van der Waals surface area (Å²) in [5.74, 6) is 0.118. The van der Waals surface area contributed by atoms with Crippen LogP contribution in [0.5, 0.6) is 5.75 Å². The molecule has 3 rings (SSSR count). The third kappa shape index (κ3) is 4.75. The molecule has 0 heterocycles. The summed E-state index contributed by atoms with van der Waals surface area (Å²) in [5, 5.41) is 6.17. The van der Waals surface area contributed by atoms with Crippen molar-refractivity contribution in [3.8, 4) is 5.75 Å². The fourth-order valence-electron chi connectivity index (χ4n) is 3.05. The number of halogens is 1. The van der Waals surface area contributed by atoms with Gasteiger partial charge in [-0.2, -0.15) is 0 Å². The van der Waals surface area contributed by atoms with Gasteiger partial charge in [-0.05, 0) is 30.7 Å². The van der Waals surface area contributed by atoms with Crippen LogP contribution in [0.1, 0.15) is 30.1 Å². The van der Waals surface area contributed by atoms with Gasteiger partial charge < -0.3 is 10.1 Å². The van der Waals surface area contributed by atoms with Gasteiger partial charge in [0.15, 0.2) is 0 Å². The predicted octanol–water partition coefficient (Wildman–Crippen LogP) is 4.86. The number of carbonyl (C=O) groups is 1. The molecule has 144 valence electrons. The van der Waals surface area contributed by atoms with Gasteiger partial charge in [0.1, 0.15) is 17.6 Å². The highest BCUT2D eigenvalue weighted by molar-refractivity contribution is 5.95. The van der Waals surface area contributed by atoms with E-state index in [2.05, 4.69) is 10.6 Å². The molecule has 0 fully saturated rings. The number of hydrogen-bond acceptors (Lipinski definition) is 3. The molecule has 0 aliphatic carbocycles. The highest BCUT2D eigenvalue weighted by Crippen LogP contribution is 2.24. The summed E-state index contributed by atoms with van der Waals surface area (Å²) in [4.78, 5) is 13.1. The summed E-state index contributed by atoms with van der Waals surface area (Å²) in [7, 11) is 1.57. The van der Waals surface area contributed by atoms with Gasteiger partial charge in [0, 0.05) is 23.4 Å². The van der Waals surface area contributed by atoms with Crippen LogP contribution in [0.4, 0.5) is 10.1 Å². The molecule has 3 aromatic carbocycles. The first-order valence-electron chi connectivity index (χ1n) is 9.09. The molecule has 0 aromatic heterocycles. The Morgan fingerprint density at radius 2 is 1.68 bits per heavy atom. The molecule has 2 unspecified atom stereocenters. The zero-order valence-electron chi connectivity index (χ0n) is 15.9. The Morgan fingerprint density at radius 3 is 2.39 bits per heavy atom. The van der Waals surface area contributed by atoms with Crippen molar-refractivity contribution in [1.29, 1.82) is 0 Å². The van der Waals surface area contributed by atoms with Crippen LogP contribution in [0.15, 0.2) is 78.9 Å². The second kappa shape index (κ2) is 9.15. The zero-order chi connectivity index (χ0) is 19.9. The van der Waals surface area contributed by atoms with Crippen LogP contribution in [-0.4, -0.2) is 13.0 Å². The van der Waals surface area contributed by atoms with Crippen LogP contribution >= 0.6 is 0 Å². The number of carbonyl (C=O) groups excluding carboxylic acids is 1. The van der Waals surface area contributed by atoms with Gasteiger partial charge >= 0.3 is 0 Å². The number of hydrogen-bond donors (Lipinski definition) is 2. The monoisotopic (exact) mass is 378 g/mol. The van der Waals surface area contributed by atoms with Gasteiger partial charge in [0.05, 0.1) is 7.11 Å². The van der Waals surface area contributed by atoms with Crippen LogP contribution in [0.2, 0.25) is 0 Å². The third-order valence-corrected chi connectivity index (χ3v) is 4.52. The van der Waals surface area contributed by atoms with E-state index in [4.69, 9.17) is 4.74 Å². The Bertz CT molecular complexity index is 931. The minimum absolute atomic E-state index is 0.234. The lowest BCUT2D eigenvalue weighted by atomic mass is 10.0. The summed E-state index contributed by atoms with van der Waals surface area (Å²) in [6.07, 6.45) is 0. The molecule has 0 aliphatic rings. The van der Waals surface area contributed by atoms with E-state index in [1.807, 2.05) is 43.3 Å². The molecule has 4 nitrogen and oxygen atoms in total. The fourth-order valence-corrected chi connectivity index (χ4v) is 3.05. The van der Waals surface area contributed by atoms with Crippen molar-refractivity contribution >= 4 is 11.6 Å². The highest BCUT2D eigenvalue weighted by Gasteiger charge is 2.24. The van der Waals surface area contributed by atoms with Gasteiger partial charge in [-0.25, -0.2) is 4.39 Å². The molecule has 0 saturated carbocycles. The molecular formula is C23H23FN2O2. The predicted molar refractivity (Wildman–Crippen MR) is 109 cm³/mol. The highest BCUT2D eigenvalue weighted by atomic mass is 19.1. The fraction of sp³-hybridized carbons (Fsp3) is 0.174. The van der Waals surface area contributed by atoms with Crippen molar-refractivity contribution in [3.05, 3.63) is 95.8 Å². The Hall–Kier alpha value is -3.18. The first-order chi connectivity index (χ1) is 13.6. The van der Waals surface area contributed by atoms with E-state index >= 15 is 0 Å². The third-order valence-electron chi connectivity index (χ3n) is 4.52. The summed E-state index contributed by atoms with van der Waals surface area (Å²) in [6.45, 7) is 1.84. The Morgan fingerprint density at radius 1 is 0.964 bits per heavy atom. The van der Waals surface area contributed by atoms with Crippen molar-refractivity contribution in [2.75, 3.05) is 12.4 Å². The van der Waals surface area contributed by atoms with Crippen LogP contribution in [-0.2, 0) is 4.79 Å². The van der Waals surface area contributed by atoms with Gasteiger partial charge in [0.25, 0.3) is 0 Å². The Kier molecular flexibility index (Phi) is 6.40. The summed E-state index contributed by atoms with van der Waals surface area (Å²) in [5.41, 5.74) is 1.94. The summed E-state index contributed by atoms with van der Waals surface area (Å²) >= 11 is 0. The van der Waals surface area contributed by atoms with Crippen LogP contribution in [0.25, 0.3) is 0 Å². The molecule has 5 heteroatoms. The van der Waals surface area contributed by atoms with Crippen molar-refractivity contribution in [2.45, 2.75) is 19.0 Å². The lowest BCUT2D eigenvalue weighted by molar-refractivity contribution is -0.118. The molecule has 0 aliphatic heterocycles. The maximum absolute atomic E-state index is 14.2. The summed E-state index contributed by atoms with van der Waals surface area (Å²) in [6, 6.07) is 22.1. The van der Waals surface area contributed by atoms with E-state index in [0.717, 1.165) is 5.56 Å². The molecule has 28 heavy (non-hydrogen) atoms. The van der Waals surface area contributed by atoms with Gasteiger partial charge in [-0.1, -0.05) is 54.6 Å². The molecular weight excluding hydrogens is 355 g/mol. The van der Waals surface area contributed by atoms with E-state index in [1.165, 1.54) is 6.07 Å². The lowest BCUT2D eigenvalue weighted by Gasteiger charge is -2.24. The van der Waals surface area contributed by atoms with Crippen molar-refractivity contribution in [2.24, 2.45) is 0 Å². The number of anilines is 1. The van der Waals surface area contributed by atoms with Gasteiger partial charge in [0.2, 0.25) is 5.91 Å². The lowest BCUT2D eigenvalue weighted by Crippen LogP contribution is -2.35. The van der Waals surface area contributed by atoms with E-state index in [9.17, 15) is 9.18 Å². The molecule has 1 amide bonds. The minimum atomic E-state index is -0.651. The Labute approximate surface area is 164 Å². The molecule has 0 saturated heterocycles. The minimum Gasteiger partial charge on any atom is -0.497 e. The largest absolute Gasteiger partial charge is 0.497 e. The van der Waals surface area contributed by atoms with Crippen molar-refractivity contribution in [3.63, 3.8) is 0 Å². The average molecular weight is 378 g/mol. The molecule has 2 atom stereocenters. The number of benzene rings is 3. The van der Waals surface area contributed by atoms with Crippen LogP contribution in [0, 0.1) is 5.82 Å². The molecule has 0 spiro atoms. The standard InChI is InChI=1S/C23H23FN2O2/c1-16(20-13-6-7-14-21(20)24)25-22(17-9-4-3-5-10-17)23(27)26-18-11-8-12-19(15-18)28-2/h3-16,22,25H,1-2H3,(H,26,27). The SMILES string of the molecule is COc1cccc(NC(=O)C(NC(C)c2ccccc2F)c2ccccc2)c1. The quantitative estimate of drug-likeness (QED) is 0.617. The number of methoxy groups -OCH3 is 1. The van der Waals surface area contributed by atoms with E-state index in [0.29, 0.717) is 17.0 Å². The van der Waals surface area contributed by atoms with Crippen LogP contribution < -0.4 is 15.4 Å². The number of rotatable bonds is 7. The van der Waals surface area contributed by atoms with Gasteiger partial charge in [-0.15, -0.1) is 0 Å². The second-order valence-electron chi connectivity index (χ2n) is 6.47. The first kappa shape index (κ1) is 19.6. The topological polar surface area (TPSA) is 50.4 Å². The summed E-state index contributed by atoms with van der Waals surface area (Å²) < 4.78 is 19.4. The van der Waals surface area contributed by atoms with E-state index < -0.39 is 6.04 Å². The molecule has 0 bridgehead atoms. The number of nitrogens with one attached hydrogen (secondary N) is 2. The zero-order valence-corrected chi connectivity index (χ0v) is 15.9.